The summed E-state index contributed by atoms with van der Waals surface area (Å²) >= 11 is 4.89. The molecule has 0 atom stereocenters. The van der Waals surface area contributed by atoms with Crippen LogP contribution in [0.25, 0.3) is 0 Å². The first-order valence-electron chi connectivity index (χ1n) is 6.66. The molecule has 1 aliphatic rings. The molecule has 0 spiro atoms. The second-order valence-corrected chi connectivity index (χ2v) is 7.08. The van der Waals surface area contributed by atoms with Crippen molar-refractivity contribution in [3.05, 3.63) is 29.3 Å². The van der Waals surface area contributed by atoms with Crippen LogP contribution in [0, 0.1) is 10.8 Å². The van der Waals surface area contributed by atoms with E-state index in [2.05, 4.69) is 33.0 Å². The fourth-order valence-corrected chi connectivity index (χ4v) is 2.93. The fourth-order valence-electron chi connectivity index (χ4n) is 2.76. The molecule has 1 fully saturated rings. The average molecular weight is 316 g/mol. The third-order valence-corrected chi connectivity index (χ3v) is 5.15. The summed E-state index contributed by atoms with van der Waals surface area (Å²) in [6.07, 6.45) is -4.41. The van der Waals surface area contributed by atoms with E-state index in [-0.39, 0.29) is 27.4 Å². The van der Waals surface area contributed by atoms with E-state index in [1.165, 1.54) is 6.07 Å². The van der Waals surface area contributed by atoms with Gasteiger partial charge in [-0.1, -0.05) is 39.9 Å². The van der Waals surface area contributed by atoms with E-state index in [4.69, 9.17) is 18.0 Å². The predicted octanol–water partition coefficient (Wildman–Crippen LogP) is 4.19. The van der Waals surface area contributed by atoms with Gasteiger partial charge in [-0.3, -0.25) is 0 Å². The second-order valence-electron chi connectivity index (χ2n) is 6.64. The van der Waals surface area contributed by atoms with Crippen molar-refractivity contribution in [3.63, 3.8) is 0 Å². The molecule has 0 saturated heterocycles. The lowest BCUT2D eigenvalue weighted by Gasteiger charge is -2.15. The Balaban J connectivity index is 2.35. The molecule has 0 radical (unpaired) electrons. The highest BCUT2D eigenvalue weighted by Crippen LogP contribution is 2.63. The van der Waals surface area contributed by atoms with E-state index < -0.39 is 11.7 Å². The van der Waals surface area contributed by atoms with Crippen molar-refractivity contribution in [2.24, 2.45) is 16.6 Å². The lowest BCUT2D eigenvalue weighted by Crippen LogP contribution is -2.18. The number of rotatable bonds is 3. The summed E-state index contributed by atoms with van der Waals surface area (Å²) in [6, 6.07) is 3.62. The standard InChI is InChI=1S/C15H19F3N2S/c1-13(2)12(14(13,3)4)20-10-6-5-8(15(16,17)18)7-9(10)11(19)21/h5-7,12,20H,1-4H3,(H2,19,21). The minimum absolute atomic E-state index is 0.0418. The van der Waals surface area contributed by atoms with Gasteiger partial charge in [0.05, 0.1) is 5.56 Å². The summed E-state index contributed by atoms with van der Waals surface area (Å²) < 4.78 is 38.3. The number of anilines is 1. The van der Waals surface area contributed by atoms with E-state index in [1.807, 2.05) is 0 Å². The summed E-state index contributed by atoms with van der Waals surface area (Å²) in [5, 5.41) is 3.29. The second kappa shape index (κ2) is 4.60. The molecule has 21 heavy (non-hydrogen) atoms. The smallest absolute Gasteiger partial charge is 0.389 e. The van der Waals surface area contributed by atoms with Gasteiger partial charge in [0.25, 0.3) is 0 Å². The summed E-state index contributed by atoms with van der Waals surface area (Å²) in [7, 11) is 0. The third kappa shape index (κ3) is 2.61. The number of nitrogens with two attached hydrogens (primary N) is 1. The van der Waals surface area contributed by atoms with E-state index in [9.17, 15) is 13.2 Å². The van der Waals surface area contributed by atoms with Gasteiger partial charge in [-0.05, 0) is 29.0 Å². The highest BCUT2D eigenvalue weighted by atomic mass is 32.1. The molecule has 0 unspecified atom stereocenters. The third-order valence-electron chi connectivity index (χ3n) is 4.93. The van der Waals surface area contributed by atoms with Gasteiger partial charge in [0.15, 0.2) is 0 Å². The summed E-state index contributed by atoms with van der Waals surface area (Å²) in [5.41, 5.74) is 5.74. The fraction of sp³-hybridized carbons (Fsp3) is 0.533. The molecule has 2 rings (SSSR count). The van der Waals surface area contributed by atoms with Gasteiger partial charge in [0.1, 0.15) is 4.99 Å². The van der Waals surface area contributed by atoms with Crippen LogP contribution in [0.5, 0.6) is 0 Å². The Hall–Kier alpha value is -1.30. The van der Waals surface area contributed by atoms with Gasteiger partial charge < -0.3 is 11.1 Å². The SMILES string of the molecule is CC1(C)C(Nc2ccc(C(F)(F)F)cc2C(N)=S)C1(C)C. The Morgan fingerprint density at radius 3 is 2.10 bits per heavy atom. The van der Waals surface area contributed by atoms with Crippen LogP contribution in [-0.4, -0.2) is 11.0 Å². The largest absolute Gasteiger partial charge is 0.416 e. The molecule has 0 heterocycles. The van der Waals surface area contributed by atoms with E-state index in [0.717, 1.165) is 12.1 Å². The van der Waals surface area contributed by atoms with Gasteiger partial charge in [-0.2, -0.15) is 13.2 Å². The zero-order valence-corrected chi connectivity index (χ0v) is 13.2. The molecule has 0 amide bonds. The highest BCUT2D eigenvalue weighted by molar-refractivity contribution is 7.80. The molecular formula is C15H19F3N2S. The molecule has 1 aliphatic carbocycles. The van der Waals surface area contributed by atoms with Crippen LogP contribution in [0.3, 0.4) is 0 Å². The van der Waals surface area contributed by atoms with E-state index in [1.54, 1.807) is 0 Å². The number of benzene rings is 1. The lowest BCUT2D eigenvalue weighted by atomic mass is 10.0. The molecule has 2 nitrogen and oxygen atoms in total. The molecule has 116 valence electrons. The maximum Gasteiger partial charge on any atom is 0.416 e. The zero-order valence-electron chi connectivity index (χ0n) is 12.4. The molecule has 1 aromatic carbocycles. The van der Waals surface area contributed by atoms with Crippen LogP contribution in [0.2, 0.25) is 0 Å². The van der Waals surface area contributed by atoms with Gasteiger partial charge in [-0.15, -0.1) is 0 Å². The molecular weight excluding hydrogens is 297 g/mol. The minimum atomic E-state index is -4.41. The summed E-state index contributed by atoms with van der Waals surface area (Å²) in [4.78, 5) is -0.0418. The molecule has 0 aliphatic heterocycles. The van der Waals surface area contributed by atoms with Crippen molar-refractivity contribution in [1.29, 1.82) is 0 Å². The van der Waals surface area contributed by atoms with Crippen molar-refractivity contribution in [1.82, 2.24) is 0 Å². The number of alkyl halides is 3. The van der Waals surface area contributed by atoms with Crippen molar-refractivity contribution in [2.75, 3.05) is 5.32 Å². The molecule has 1 aromatic rings. The van der Waals surface area contributed by atoms with Crippen molar-refractivity contribution in [3.8, 4) is 0 Å². The number of nitrogens with one attached hydrogen (secondary N) is 1. The van der Waals surface area contributed by atoms with Crippen LogP contribution in [0.15, 0.2) is 18.2 Å². The van der Waals surface area contributed by atoms with Gasteiger partial charge in [-0.25, -0.2) is 0 Å². The van der Waals surface area contributed by atoms with Crippen LogP contribution < -0.4 is 11.1 Å². The van der Waals surface area contributed by atoms with Crippen LogP contribution in [0.1, 0.15) is 38.8 Å². The van der Waals surface area contributed by atoms with Crippen LogP contribution >= 0.6 is 12.2 Å². The first-order valence-corrected chi connectivity index (χ1v) is 7.07. The first kappa shape index (κ1) is 16.1. The lowest BCUT2D eigenvalue weighted by molar-refractivity contribution is -0.137. The Bertz CT molecular complexity index is 577. The molecule has 1 saturated carbocycles. The number of hydrogen-bond acceptors (Lipinski definition) is 2. The van der Waals surface area contributed by atoms with E-state index >= 15 is 0 Å². The Labute approximate surface area is 127 Å². The monoisotopic (exact) mass is 316 g/mol. The van der Waals surface area contributed by atoms with Gasteiger partial charge >= 0.3 is 6.18 Å². The van der Waals surface area contributed by atoms with Gasteiger partial charge in [0, 0.05) is 17.3 Å². The Morgan fingerprint density at radius 1 is 1.19 bits per heavy atom. The summed E-state index contributed by atoms with van der Waals surface area (Å²) in [6.45, 7) is 8.48. The number of thiocarbonyl (C=S) groups is 1. The maximum absolute atomic E-state index is 12.8. The molecule has 3 N–H and O–H groups in total. The molecule has 6 heteroatoms. The average Bonchev–Trinajstić information content (AvgIpc) is 2.70. The maximum atomic E-state index is 12.8. The normalized spacial score (nSPS) is 20.1. The van der Waals surface area contributed by atoms with Crippen molar-refractivity contribution < 1.29 is 13.2 Å². The highest BCUT2D eigenvalue weighted by Gasteiger charge is 2.65. The quantitative estimate of drug-likeness (QED) is 0.821. The predicted molar refractivity (Wildman–Crippen MR) is 82.3 cm³/mol. The first-order chi connectivity index (χ1) is 9.39. The van der Waals surface area contributed by atoms with Crippen LogP contribution in [0.4, 0.5) is 18.9 Å². The topological polar surface area (TPSA) is 38.0 Å². The van der Waals surface area contributed by atoms with Crippen molar-refractivity contribution in [2.45, 2.75) is 39.9 Å². The van der Waals surface area contributed by atoms with E-state index in [0.29, 0.717) is 5.69 Å². The minimum Gasteiger partial charge on any atom is -0.389 e. The van der Waals surface area contributed by atoms with Gasteiger partial charge in [0.2, 0.25) is 0 Å². The number of halogens is 3. The zero-order chi connectivity index (χ0) is 16.2. The molecule has 0 aromatic heterocycles. The van der Waals surface area contributed by atoms with Crippen LogP contribution in [-0.2, 0) is 6.18 Å². The number of hydrogen-bond donors (Lipinski definition) is 2. The van der Waals surface area contributed by atoms with Crippen molar-refractivity contribution >= 4 is 22.9 Å². The Kier molecular flexibility index (Phi) is 3.52. The Morgan fingerprint density at radius 2 is 1.71 bits per heavy atom. The summed E-state index contributed by atoms with van der Waals surface area (Å²) in [5.74, 6) is 0. The molecule has 0 bridgehead atoms.